The van der Waals surface area contributed by atoms with Crippen LogP contribution in [-0.4, -0.2) is 32.9 Å². The molecule has 0 aromatic carbocycles. The normalized spacial score (nSPS) is 25.1. The minimum absolute atomic E-state index is 0.358. The van der Waals surface area contributed by atoms with Gasteiger partial charge in [0.2, 0.25) is 0 Å². The van der Waals surface area contributed by atoms with Gasteiger partial charge in [-0.1, -0.05) is 0 Å². The Labute approximate surface area is 94.4 Å². The second-order valence-corrected chi connectivity index (χ2v) is 5.62. The van der Waals surface area contributed by atoms with Gasteiger partial charge in [0.15, 0.2) is 0 Å². The molecule has 1 heterocycles. The molecule has 0 bridgehead atoms. The van der Waals surface area contributed by atoms with E-state index in [0.717, 1.165) is 19.3 Å². The molecule has 6 nitrogen and oxygen atoms in total. The number of primary sulfonamides is 1. The van der Waals surface area contributed by atoms with Crippen LogP contribution in [-0.2, 0) is 14.8 Å². The van der Waals surface area contributed by atoms with E-state index in [0.29, 0.717) is 18.9 Å². The van der Waals surface area contributed by atoms with Crippen molar-refractivity contribution >= 4 is 15.7 Å². The van der Waals surface area contributed by atoms with Crippen molar-refractivity contribution < 1.29 is 13.2 Å². The van der Waals surface area contributed by atoms with E-state index in [-0.39, 0.29) is 5.03 Å². The largest absolute Gasteiger partial charge is 0.388 e. The van der Waals surface area contributed by atoms with Crippen LogP contribution >= 0.6 is 0 Å². The Balaban J connectivity index is 2.30. The number of hydrogen-bond acceptors (Lipinski definition) is 5. The van der Waals surface area contributed by atoms with Crippen molar-refractivity contribution in [3.05, 3.63) is 11.1 Å². The molecular weight excluding hydrogens is 230 g/mol. The molecule has 0 aromatic heterocycles. The van der Waals surface area contributed by atoms with E-state index in [1.807, 2.05) is 0 Å². The summed E-state index contributed by atoms with van der Waals surface area (Å²) in [6, 6.07) is 0. The average Bonchev–Trinajstić information content (AvgIpc) is 2.14. The van der Waals surface area contributed by atoms with Crippen molar-refractivity contribution in [3.63, 3.8) is 0 Å². The summed E-state index contributed by atoms with van der Waals surface area (Å²) in [5, 5.41) is 4.57. The third-order valence-corrected chi connectivity index (χ3v) is 3.76. The van der Waals surface area contributed by atoms with Gasteiger partial charge in [-0.15, -0.1) is 0 Å². The molecule has 7 heteroatoms. The maximum Gasteiger partial charge on any atom is 0.253 e. The summed E-state index contributed by atoms with van der Waals surface area (Å²) in [5.74, 6) is 0. The van der Waals surface area contributed by atoms with Gasteiger partial charge in [-0.3, -0.25) is 4.99 Å². The molecule has 1 aliphatic carbocycles. The highest BCUT2D eigenvalue weighted by molar-refractivity contribution is 7.93. The van der Waals surface area contributed by atoms with Crippen LogP contribution in [0.15, 0.2) is 16.1 Å². The van der Waals surface area contributed by atoms with Gasteiger partial charge in [0.1, 0.15) is 10.6 Å². The maximum atomic E-state index is 11.0. The Bertz CT molecular complexity index is 449. The van der Waals surface area contributed by atoms with Gasteiger partial charge in [0, 0.05) is 0 Å². The van der Waals surface area contributed by atoms with Crippen LogP contribution in [0.4, 0.5) is 0 Å². The summed E-state index contributed by atoms with van der Waals surface area (Å²) in [4.78, 5) is 4.27. The highest BCUT2D eigenvalue weighted by atomic mass is 32.2. The number of sulfonamides is 1. The third-order valence-electron chi connectivity index (χ3n) is 2.99. The monoisotopic (exact) mass is 245 g/mol. The summed E-state index contributed by atoms with van der Waals surface area (Å²) < 4.78 is 27.7. The lowest BCUT2D eigenvalue weighted by atomic mass is 9.75. The molecule has 4 N–H and O–H groups in total. The molecule has 90 valence electrons. The first-order valence-electron chi connectivity index (χ1n) is 5.13. The molecule has 2 aliphatic rings. The highest BCUT2D eigenvalue weighted by Crippen LogP contribution is 2.39. The Kier molecular flexibility index (Phi) is 2.77. The Morgan fingerprint density at radius 1 is 1.50 bits per heavy atom. The predicted octanol–water partition coefficient (Wildman–Crippen LogP) is -0.531. The molecule has 1 aliphatic heterocycles. The van der Waals surface area contributed by atoms with Crippen molar-refractivity contribution in [2.45, 2.75) is 24.9 Å². The van der Waals surface area contributed by atoms with Crippen molar-refractivity contribution in [2.24, 2.45) is 15.9 Å². The zero-order chi connectivity index (χ0) is 11.8. The van der Waals surface area contributed by atoms with Crippen LogP contribution in [0.5, 0.6) is 0 Å². The lowest BCUT2D eigenvalue weighted by Gasteiger charge is -2.43. The lowest BCUT2D eigenvalue weighted by molar-refractivity contribution is -0.0487. The molecule has 1 spiro atoms. The van der Waals surface area contributed by atoms with Crippen molar-refractivity contribution in [2.75, 3.05) is 13.2 Å². The van der Waals surface area contributed by atoms with E-state index < -0.39 is 15.6 Å². The number of nitrogens with two attached hydrogens (primary N) is 2. The van der Waals surface area contributed by atoms with Gasteiger partial charge < -0.3 is 10.5 Å². The van der Waals surface area contributed by atoms with Crippen LogP contribution in [0, 0.1) is 0 Å². The van der Waals surface area contributed by atoms with Crippen molar-refractivity contribution in [1.82, 2.24) is 0 Å². The smallest absolute Gasteiger partial charge is 0.253 e. The summed E-state index contributed by atoms with van der Waals surface area (Å²) in [5.41, 5.74) is 5.59. The molecular formula is C9H15N3O3S. The first-order chi connectivity index (χ1) is 7.44. The van der Waals surface area contributed by atoms with E-state index in [1.165, 1.54) is 6.08 Å². The molecule has 2 rings (SSSR count). The summed E-state index contributed by atoms with van der Waals surface area (Å²) in [6.07, 6.45) is 4.11. The summed E-state index contributed by atoms with van der Waals surface area (Å²) in [7, 11) is -3.83. The zero-order valence-corrected chi connectivity index (χ0v) is 9.66. The predicted molar refractivity (Wildman–Crippen MR) is 60.2 cm³/mol. The molecule has 0 saturated heterocycles. The second-order valence-electron chi connectivity index (χ2n) is 4.05. The van der Waals surface area contributed by atoms with Crippen LogP contribution in [0.25, 0.3) is 0 Å². The SMILES string of the molecule is N/C(=C\C1=NCCOC12CCC2)S(N)(=O)=O. The Morgan fingerprint density at radius 3 is 2.69 bits per heavy atom. The fraction of sp³-hybridized carbons (Fsp3) is 0.667. The molecule has 0 aromatic rings. The number of rotatable bonds is 2. The number of nitrogens with zero attached hydrogens (tertiary/aromatic N) is 1. The number of hydrogen-bond donors (Lipinski definition) is 2. The number of aliphatic imine (C=N–C) groups is 1. The van der Waals surface area contributed by atoms with E-state index in [2.05, 4.69) is 4.99 Å². The molecule has 1 saturated carbocycles. The first kappa shape index (κ1) is 11.6. The van der Waals surface area contributed by atoms with Crippen LogP contribution in [0.2, 0.25) is 0 Å². The first-order valence-corrected chi connectivity index (χ1v) is 6.68. The van der Waals surface area contributed by atoms with Gasteiger partial charge >= 0.3 is 0 Å². The van der Waals surface area contributed by atoms with Gasteiger partial charge in [-0.25, -0.2) is 13.6 Å². The van der Waals surface area contributed by atoms with E-state index in [9.17, 15) is 8.42 Å². The van der Waals surface area contributed by atoms with Gasteiger partial charge in [0.25, 0.3) is 10.0 Å². The van der Waals surface area contributed by atoms with E-state index in [1.54, 1.807) is 0 Å². The average molecular weight is 245 g/mol. The Hall–Kier alpha value is -0.920. The fourth-order valence-electron chi connectivity index (χ4n) is 1.92. The highest BCUT2D eigenvalue weighted by Gasteiger charge is 2.43. The van der Waals surface area contributed by atoms with Crippen LogP contribution < -0.4 is 10.9 Å². The molecule has 0 atom stereocenters. The second kappa shape index (κ2) is 3.83. The molecule has 0 amide bonds. The van der Waals surface area contributed by atoms with E-state index >= 15 is 0 Å². The minimum Gasteiger partial charge on any atom is -0.388 e. The van der Waals surface area contributed by atoms with Crippen LogP contribution in [0.3, 0.4) is 0 Å². The molecule has 1 fully saturated rings. The zero-order valence-electron chi connectivity index (χ0n) is 8.85. The quantitative estimate of drug-likeness (QED) is 0.681. The molecule has 0 radical (unpaired) electrons. The minimum atomic E-state index is -3.83. The van der Waals surface area contributed by atoms with Crippen LogP contribution in [0.1, 0.15) is 19.3 Å². The maximum absolute atomic E-state index is 11.0. The van der Waals surface area contributed by atoms with E-state index in [4.69, 9.17) is 15.6 Å². The lowest BCUT2D eigenvalue weighted by Crippen LogP contribution is -2.50. The van der Waals surface area contributed by atoms with Gasteiger partial charge in [-0.05, 0) is 25.3 Å². The molecule has 0 unspecified atom stereocenters. The summed E-state index contributed by atoms with van der Waals surface area (Å²) in [6.45, 7) is 1.11. The number of ether oxygens (including phenoxy) is 1. The van der Waals surface area contributed by atoms with Crippen molar-refractivity contribution in [1.29, 1.82) is 0 Å². The standard InChI is InChI=1S/C9H15N3O3S/c10-8(16(11,13)14)6-7-9(2-1-3-9)15-5-4-12-7/h6H,1-5,10H2,(H2,11,13,14)/b8-6+. The fourth-order valence-corrected chi connectivity index (χ4v) is 2.19. The van der Waals surface area contributed by atoms with Gasteiger partial charge in [0.05, 0.1) is 18.9 Å². The van der Waals surface area contributed by atoms with Gasteiger partial charge in [-0.2, -0.15) is 0 Å². The topological polar surface area (TPSA) is 108 Å². The third kappa shape index (κ3) is 1.98. The van der Waals surface area contributed by atoms with Crippen molar-refractivity contribution in [3.8, 4) is 0 Å². The summed E-state index contributed by atoms with van der Waals surface area (Å²) >= 11 is 0. The Morgan fingerprint density at radius 2 is 2.19 bits per heavy atom. The molecule has 16 heavy (non-hydrogen) atoms.